The highest BCUT2D eigenvalue weighted by Gasteiger charge is 2.64. The average Bonchev–Trinajstić information content (AvgIpc) is 3.30. The molecule has 10 nitrogen and oxygen atoms in total. The third-order valence-corrected chi connectivity index (χ3v) is 8.68. The largest absolute Gasteiger partial charge is 0.495 e. The quantitative estimate of drug-likeness (QED) is 0.211. The molecule has 1 aromatic carbocycles. The summed E-state index contributed by atoms with van der Waals surface area (Å²) in [5.41, 5.74) is 3.08. The molecule has 3 atom stereocenters. The van der Waals surface area contributed by atoms with E-state index in [2.05, 4.69) is 42.9 Å². The zero-order chi connectivity index (χ0) is 29.1. The van der Waals surface area contributed by atoms with Crippen molar-refractivity contribution < 1.29 is 19.1 Å². The van der Waals surface area contributed by atoms with Crippen LogP contribution in [0.25, 0.3) is 22.0 Å². The van der Waals surface area contributed by atoms with Crippen LogP contribution < -0.4 is 4.74 Å². The lowest BCUT2D eigenvalue weighted by Crippen LogP contribution is -2.45. The number of carbonyl (C=O) groups is 3. The number of amides is 1. The highest BCUT2D eigenvalue weighted by atomic mass is 79.9. The minimum Gasteiger partial charge on any atom is -0.495 e. The van der Waals surface area contributed by atoms with Crippen molar-refractivity contribution in [2.75, 3.05) is 7.11 Å². The normalized spacial score (nSPS) is 21.1. The number of piperidine rings is 1. The van der Waals surface area contributed by atoms with Gasteiger partial charge < -0.3 is 9.64 Å². The summed E-state index contributed by atoms with van der Waals surface area (Å²) in [7, 11) is 1.54. The molecule has 4 aromatic rings. The van der Waals surface area contributed by atoms with Gasteiger partial charge in [-0.25, -0.2) is 15.0 Å². The molecule has 1 saturated heterocycles. The number of ether oxygens (including phenoxy) is 1. The van der Waals surface area contributed by atoms with Crippen molar-refractivity contribution in [1.29, 1.82) is 0 Å². The van der Waals surface area contributed by atoms with Crippen LogP contribution in [0.15, 0.2) is 47.3 Å². The van der Waals surface area contributed by atoms with E-state index in [1.807, 2.05) is 25.1 Å². The van der Waals surface area contributed by atoms with Crippen LogP contribution in [0.5, 0.6) is 5.75 Å². The first-order valence-electron chi connectivity index (χ1n) is 13.4. The lowest BCUT2D eigenvalue weighted by molar-refractivity contribution is -0.139. The molecule has 2 aliphatic rings. The molecule has 1 amide bonds. The molecule has 0 unspecified atom stereocenters. The Balaban J connectivity index is 1.29. The highest BCUT2D eigenvalue weighted by molar-refractivity contribution is 9.10. The molecular formula is C30H29BrN6O4. The fourth-order valence-electron chi connectivity index (χ4n) is 5.96. The Morgan fingerprint density at radius 2 is 1.85 bits per heavy atom. The van der Waals surface area contributed by atoms with Crippen molar-refractivity contribution in [2.45, 2.75) is 58.7 Å². The predicted octanol–water partition coefficient (Wildman–Crippen LogP) is 4.36. The second-order valence-electron chi connectivity index (χ2n) is 11.1. The number of rotatable bonds is 8. The van der Waals surface area contributed by atoms with Crippen LogP contribution in [0.1, 0.15) is 48.7 Å². The second kappa shape index (κ2) is 10.1. The van der Waals surface area contributed by atoms with Crippen molar-refractivity contribution in [3.05, 3.63) is 64.5 Å². The Morgan fingerprint density at radius 3 is 2.56 bits per heavy atom. The van der Waals surface area contributed by atoms with Gasteiger partial charge in [0.05, 0.1) is 30.8 Å². The Kier molecular flexibility index (Phi) is 6.72. The van der Waals surface area contributed by atoms with Crippen LogP contribution in [0.4, 0.5) is 0 Å². The number of carbonyl (C=O) groups excluding carboxylic acids is 3. The number of hydrogen-bond acceptors (Lipinski definition) is 8. The maximum Gasteiger partial charge on any atom is 0.245 e. The van der Waals surface area contributed by atoms with E-state index in [0.717, 1.165) is 17.5 Å². The third kappa shape index (κ3) is 4.92. The summed E-state index contributed by atoms with van der Waals surface area (Å²) in [6.07, 6.45) is 5.01. The molecule has 11 heteroatoms. The molecule has 1 aliphatic carbocycles. The molecule has 2 fully saturated rings. The lowest BCUT2D eigenvalue weighted by atomic mass is 9.97. The van der Waals surface area contributed by atoms with E-state index in [-0.39, 0.29) is 41.9 Å². The van der Waals surface area contributed by atoms with Crippen LogP contribution >= 0.6 is 15.9 Å². The third-order valence-electron chi connectivity index (χ3n) is 8.24. The van der Waals surface area contributed by atoms with Crippen molar-refractivity contribution in [2.24, 2.45) is 5.41 Å². The highest BCUT2D eigenvalue weighted by Crippen LogP contribution is 2.59. The summed E-state index contributed by atoms with van der Waals surface area (Å²) in [5.74, 6) is 0.737. The van der Waals surface area contributed by atoms with Crippen molar-refractivity contribution in [1.82, 2.24) is 29.6 Å². The van der Waals surface area contributed by atoms with Gasteiger partial charge in [0, 0.05) is 36.3 Å². The number of benzene rings is 1. The number of aromatic nitrogens is 5. The van der Waals surface area contributed by atoms with E-state index in [1.165, 1.54) is 6.92 Å². The number of fused-ring (bicyclic) bond motifs is 2. The molecule has 3 aromatic heterocycles. The summed E-state index contributed by atoms with van der Waals surface area (Å²) in [4.78, 5) is 54.7. The number of nitrogens with zero attached hydrogens (tertiary/aromatic N) is 6. The van der Waals surface area contributed by atoms with Crippen molar-refractivity contribution in [3.63, 3.8) is 0 Å². The lowest BCUT2D eigenvalue weighted by Gasteiger charge is -2.27. The minimum atomic E-state index is -0.556. The smallest absolute Gasteiger partial charge is 0.245 e. The topological polar surface area (TPSA) is 120 Å². The van der Waals surface area contributed by atoms with Gasteiger partial charge in [-0.3, -0.25) is 19.1 Å². The van der Waals surface area contributed by atoms with Gasteiger partial charge in [0.2, 0.25) is 5.91 Å². The van der Waals surface area contributed by atoms with E-state index in [0.29, 0.717) is 44.9 Å². The SMILES string of the molecule is COc1ccc(Br)nc1CC(=O)[C@@H]1C[C@@]2(C)C[C@H]2N1C(=O)Cn1nc(C(C)=O)c2cc(-c3cnc(C)nc3)ccc21. The van der Waals surface area contributed by atoms with Crippen molar-refractivity contribution >= 4 is 44.3 Å². The number of ketones is 2. The summed E-state index contributed by atoms with van der Waals surface area (Å²) in [6.45, 7) is 5.33. The van der Waals surface area contributed by atoms with Crippen LogP contribution in [0.3, 0.4) is 0 Å². The van der Waals surface area contributed by atoms with Gasteiger partial charge in [-0.2, -0.15) is 5.10 Å². The van der Waals surface area contributed by atoms with Crippen LogP contribution in [0.2, 0.25) is 0 Å². The molecule has 210 valence electrons. The van der Waals surface area contributed by atoms with Gasteiger partial charge >= 0.3 is 0 Å². The van der Waals surface area contributed by atoms with Gasteiger partial charge in [0.1, 0.15) is 28.4 Å². The Bertz CT molecular complexity index is 1720. The molecule has 1 aliphatic heterocycles. The summed E-state index contributed by atoms with van der Waals surface area (Å²) >= 11 is 3.37. The van der Waals surface area contributed by atoms with Gasteiger partial charge in [0.15, 0.2) is 11.6 Å². The predicted molar refractivity (Wildman–Crippen MR) is 154 cm³/mol. The maximum atomic E-state index is 13.8. The van der Waals surface area contributed by atoms with Gasteiger partial charge in [-0.05, 0) is 70.9 Å². The van der Waals surface area contributed by atoms with Crippen LogP contribution in [0, 0.1) is 12.3 Å². The number of methoxy groups -OCH3 is 1. The number of aryl methyl sites for hydroxylation is 1. The zero-order valence-electron chi connectivity index (χ0n) is 23.2. The van der Waals surface area contributed by atoms with Crippen LogP contribution in [-0.2, 0) is 22.6 Å². The average molecular weight is 618 g/mol. The Morgan fingerprint density at radius 1 is 1.10 bits per heavy atom. The van der Waals surface area contributed by atoms with Crippen molar-refractivity contribution in [3.8, 4) is 16.9 Å². The molecule has 4 heterocycles. The molecule has 1 saturated carbocycles. The van der Waals surface area contributed by atoms with E-state index in [4.69, 9.17) is 4.74 Å². The number of halogens is 1. The van der Waals surface area contributed by atoms with E-state index in [9.17, 15) is 14.4 Å². The molecule has 0 bridgehead atoms. The Labute approximate surface area is 245 Å². The number of hydrogen-bond donors (Lipinski definition) is 0. The maximum absolute atomic E-state index is 13.8. The van der Waals surface area contributed by atoms with E-state index in [1.54, 1.807) is 41.2 Å². The molecule has 0 N–H and O–H groups in total. The number of likely N-dealkylation sites (tertiary alicyclic amines) is 1. The number of Topliss-reactive ketones (excluding diaryl/α,β-unsaturated/α-hetero) is 2. The molecule has 0 spiro atoms. The fraction of sp³-hybridized carbons (Fsp3) is 0.367. The first kappa shape index (κ1) is 27.2. The van der Waals surface area contributed by atoms with Crippen LogP contribution in [-0.4, -0.2) is 66.3 Å². The number of pyridine rings is 1. The van der Waals surface area contributed by atoms with E-state index < -0.39 is 6.04 Å². The fourth-order valence-corrected chi connectivity index (χ4v) is 6.30. The first-order chi connectivity index (χ1) is 19.6. The molecule has 41 heavy (non-hydrogen) atoms. The molecule has 0 radical (unpaired) electrons. The summed E-state index contributed by atoms with van der Waals surface area (Å²) < 4.78 is 7.59. The molecule has 6 rings (SSSR count). The monoisotopic (exact) mass is 616 g/mol. The van der Waals surface area contributed by atoms with Gasteiger partial charge in [-0.15, -0.1) is 0 Å². The van der Waals surface area contributed by atoms with E-state index >= 15 is 0 Å². The first-order valence-corrected chi connectivity index (χ1v) is 14.2. The second-order valence-corrected chi connectivity index (χ2v) is 11.9. The standard InChI is InChI=1S/C30H29BrN6O4/c1-16(38)29-20-9-18(19-13-32-17(2)33-14-19)5-6-22(20)36(35-29)15-28(40)37-23(11-30(3)12-26(30)37)24(39)10-21-25(41-4)7-8-27(31)34-21/h5-9,13-14,23,26H,10-12,15H2,1-4H3/t23-,26+,30-/m0/s1. The van der Waals surface area contributed by atoms with Gasteiger partial charge in [0.25, 0.3) is 0 Å². The summed E-state index contributed by atoms with van der Waals surface area (Å²) in [5, 5.41) is 5.20. The minimum absolute atomic E-state index is 0.00329. The van der Waals surface area contributed by atoms with Gasteiger partial charge in [-0.1, -0.05) is 13.0 Å². The summed E-state index contributed by atoms with van der Waals surface area (Å²) in [6, 6.07) is 8.62. The molecular weight excluding hydrogens is 588 g/mol. The zero-order valence-corrected chi connectivity index (χ0v) is 24.8. The Hall–Kier alpha value is -3.99.